The van der Waals surface area contributed by atoms with Crippen LogP contribution in [0.1, 0.15) is 39.7 Å². The van der Waals surface area contributed by atoms with Gasteiger partial charge in [0.25, 0.3) is 0 Å². The first-order valence-corrected chi connectivity index (χ1v) is 10.6. The monoisotopic (exact) mass is 436 g/mol. The Morgan fingerprint density at radius 1 is 1.23 bits per heavy atom. The molecule has 31 heavy (non-hydrogen) atoms. The second kappa shape index (κ2) is 12.5. The third-order valence-corrected chi connectivity index (χ3v) is 5.54. The lowest BCUT2D eigenvalue weighted by Gasteiger charge is -2.33. The van der Waals surface area contributed by atoms with Crippen LogP contribution in [0.3, 0.4) is 0 Å². The van der Waals surface area contributed by atoms with E-state index in [-0.39, 0.29) is 29.5 Å². The Labute approximate surface area is 187 Å². The van der Waals surface area contributed by atoms with Gasteiger partial charge in [0.05, 0.1) is 19.8 Å². The summed E-state index contributed by atoms with van der Waals surface area (Å²) in [4.78, 5) is 23.3. The van der Waals surface area contributed by atoms with Crippen molar-refractivity contribution in [2.24, 2.45) is 22.1 Å². The summed E-state index contributed by atoms with van der Waals surface area (Å²) >= 11 is 0. The molecule has 0 radical (unpaired) electrons. The quantitative estimate of drug-likeness (QED) is 0.225. The zero-order valence-corrected chi connectivity index (χ0v) is 20.3. The van der Waals surface area contributed by atoms with E-state index in [2.05, 4.69) is 31.2 Å². The predicted octanol–water partition coefficient (Wildman–Crippen LogP) is 2.62. The molecule has 0 aliphatic heterocycles. The number of esters is 1. The van der Waals surface area contributed by atoms with E-state index in [4.69, 9.17) is 20.0 Å². The molecule has 0 bridgehead atoms. The molecule has 0 saturated heterocycles. The van der Waals surface area contributed by atoms with Gasteiger partial charge in [-0.1, -0.05) is 32.9 Å². The number of rotatable bonds is 12. The highest BCUT2D eigenvalue weighted by Crippen LogP contribution is 2.31. The molecule has 1 rings (SSSR count). The number of carbonyl (C=O) groups is 1. The Morgan fingerprint density at radius 2 is 1.84 bits per heavy atom. The Balaban J connectivity index is 2.56. The van der Waals surface area contributed by atoms with Gasteiger partial charge in [-0.25, -0.2) is 5.48 Å². The van der Waals surface area contributed by atoms with Gasteiger partial charge >= 0.3 is 5.97 Å². The van der Waals surface area contributed by atoms with Gasteiger partial charge in [-0.05, 0) is 62.9 Å². The number of methoxy groups -OCH3 is 1. The smallest absolute Gasteiger partial charge is 0.323 e. The molecule has 3 atom stereocenters. The van der Waals surface area contributed by atoms with Crippen LogP contribution in [0, 0.1) is 11.3 Å². The van der Waals surface area contributed by atoms with E-state index >= 15 is 0 Å². The van der Waals surface area contributed by atoms with Crippen molar-refractivity contribution in [3.63, 3.8) is 0 Å². The van der Waals surface area contributed by atoms with Crippen LogP contribution in [0.25, 0.3) is 0 Å². The number of guanidine groups is 1. The molecule has 0 fully saturated rings. The largest absolute Gasteiger partial charge is 0.493 e. The number of ether oxygens (including phenoxy) is 2. The van der Waals surface area contributed by atoms with Gasteiger partial charge in [0, 0.05) is 7.05 Å². The summed E-state index contributed by atoms with van der Waals surface area (Å²) in [6.07, 6.45) is 1.44. The summed E-state index contributed by atoms with van der Waals surface area (Å²) in [6.45, 7) is 9.09. The van der Waals surface area contributed by atoms with Gasteiger partial charge in [0.2, 0.25) is 5.96 Å². The minimum Gasteiger partial charge on any atom is -0.493 e. The molecule has 8 heteroatoms. The van der Waals surface area contributed by atoms with Crippen molar-refractivity contribution in [3.05, 3.63) is 29.8 Å². The third-order valence-electron chi connectivity index (χ3n) is 5.54. The maximum atomic E-state index is 11.9. The molecular formula is C23H40N4O4. The van der Waals surface area contributed by atoms with E-state index < -0.39 is 0 Å². The van der Waals surface area contributed by atoms with E-state index in [1.165, 1.54) is 7.11 Å². The molecule has 3 N–H and O–H groups in total. The molecule has 0 aliphatic rings. The standard InChI is InChI=1S/C23H40N4O4/c1-16(14-23(3,4)17(2)31-26-22(24)25-5)15-30-19-11-9-18(10-12-19)13-20(27(6)7)21(28)29-8/h9-12,16-17,20H,13-15H2,1-8H3,(H3,24,25,26)/t16?,17?,20-/m0/s1. The number of nitrogens with two attached hydrogens (primary N) is 1. The Morgan fingerprint density at radius 3 is 2.35 bits per heavy atom. The number of nitrogens with zero attached hydrogens (tertiary/aromatic N) is 2. The summed E-state index contributed by atoms with van der Waals surface area (Å²) in [5.74, 6) is 1.16. The van der Waals surface area contributed by atoms with Crippen molar-refractivity contribution >= 4 is 11.9 Å². The summed E-state index contributed by atoms with van der Waals surface area (Å²) in [6, 6.07) is 7.56. The topological polar surface area (TPSA) is 98.4 Å². The van der Waals surface area contributed by atoms with Crippen molar-refractivity contribution in [1.29, 1.82) is 0 Å². The number of carbonyl (C=O) groups excluding carboxylic acids is 1. The maximum absolute atomic E-state index is 11.9. The average Bonchev–Trinajstić information content (AvgIpc) is 2.73. The van der Waals surface area contributed by atoms with Crippen molar-refractivity contribution in [3.8, 4) is 5.75 Å². The minimum atomic E-state index is -0.309. The fourth-order valence-corrected chi connectivity index (χ4v) is 3.27. The van der Waals surface area contributed by atoms with Gasteiger partial charge in [-0.3, -0.25) is 19.5 Å². The van der Waals surface area contributed by atoms with E-state index in [1.54, 1.807) is 7.05 Å². The minimum absolute atomic E-state index is 0.0611. The summed E-state index contributed by atoms with van der Waals surface area (Å²) < 4.78 is 10.9. The molecule has 0 aliphatic carbocycles. The molecule has 1 aromatic rings. The van der Waals surface area contributed by atoms with Crippen LogP contribution in [-0.2, 0) is 20.8 Å². The molecule has 0 saturated carbocycles. The first kappa shape index (κ1) is 26.7. The fourth-order valence-electron chi connectivity index (χ4n) is 3.27. The Bertz CT molecular complexity index is 704. The second-order valence-electron chi connectivity index (χ2n) is 8.93. The van der Waals surface area contributed by atoms with E-state index in [0.717, 1.165) is 17.7 Å². The highest BCUT2D eigenvalue weighted by Gasteiger charge is 2.29. The molecular weight excluding hydrogens is 396 g/mol. The number of likely N-dealkylation sites (N-methyl/N-ethyl adjacent to an activating group) is 1. The van der Waals surface area contributed by atoms with Crippen LogP contribution >= 0.6 is 0 Å². The number of hydrogen-bond acceptors (Lipinski definition) is 6. The molecule has 1 aromatic carbocycles. The first-order valence-electron chi connectivity index (χ1n) is 10.6. The third kappa shape index (κ3) is 9.14. The molecule has 0 spiro atoms. The molecule has 0 amide bonds. The zero-order valence-electron chi connectivity index (χ0n) is 20.3. The SMILES string of the molecule is CN=C(N)NOC(C)C(C)(C)CC(C)COc1ccc(C[C@@H](C(=O)OC)N(C)C)cc1. The van der Waals surface area contributed by atoms with E-state index in [1.807, 2.05) is 50.2 Å². The lowest BCUT2D eigenvalue weighted by atomic mass is 9.79. The lowest BCUT2D eigenvalue weighted by Crippen LogP contribution is -2.40. The van der Waals surface area contributed by atoms with Crippen molar-refractivity contribution in [2.45, 2.75) is 52.7 Å². The van der Waals surface area contributed by atoms with Crippen molar-refractivity contribution in [2.75, 3.05) is 34.9 Å². The van der Waals surface area contributed by atoms with Crippen LogP contribution in [0.4, 0.5) is 0 Å². The summed E-state index contributed by atoms with van der Waals surface area (Å²) in [5, 5.41) is 0. The number of hydroxylamine groups is 1. The van der Waals surface area contributed by atoms with Crippen LogP contribution < -0.4 is 16.0 Å². The van der Waals surface area contributed by atoms with Crippen LogP contribution in [0.15, 0.2) is 29.3 Å². The highest BCUT2D eigenvalue weighted by molar-refractivity contribution is 5.76. The fraction of sp³-hybridized carbons (Fsp3) is 0.652. The molecule has 8 nitrogen and oxygen atoms in total. The van der Waals surface area contributed by atoms with Gasteiger partial charge < -0.3 is 15.2 Å². The van der Waals surface area contributed by atoms with Crippen LogP contribution in [0.5, 0.6) is 5.75 Å². The first-order chi connectivity index (χ1) is 14.5. The van der Waals surface area contributed by atoms with Crippen molar-refractivity contribution < 1.29 is 19.1 Å². The maximum Gasteiger partial charge on any atom is 0.323 e. The average molecular weight is 437 g/mol. The van der Waals surface area contributed by atoms with Crippen LogP contribution in [-0.4, -0.2) is 63.8 Å². The number of benzene rings is 1. The van der Waals surface area contributed by atoms with Gasteiger partial charge in [-0.15, -0.1) is 0 Å². The van der Waals surface area contributed by atoms with Gasteiger partial charge in [0.1, 0.15) is 11.8 Å². The van der Waals surface area contributed by atoms with E-state index in [9.17, 15) is 4.79 Å². The lowest BCUT2D eigenvalue weighted by molar-refractivity contribution is -0.145. The van der Waals surface area contributed by atoms with Gasteiger partial charge in [-0.2, -0.15) is 0 Å². The van der Waals surface area contributed by atoms with Gasteiger partial charge in [0.15, 0.2) is 0 Å². The second-order valence-corrected chi connectivity index (χ2v) is 8.93. The van der Waals surface area contributed by atoms with Crippen LogP contribution in [0.2, 0.25) is 0 Å². The number of nitrogens with one attached hydrogen (secondary N) is 1. The number of aliphatic imine (C=N–C) groups is 1. The normalized spacial score (nSPS) is 15.3. The molecule has 2 unspecified atom stereocenters. The Kier molecular flexibility index (Phi) is 10.8. The summed E-state index contributed by atoms with van der Waals surface area (Å²) in [7, 11) is 6.76. The zero-order chi connectivity index (χ0) is 23.6. The van der Waals surface area contributed by atoms with Crippen molar-refractivity contribution in [1.82, 2.24) is 10.4 Å². The number of hydrogen-bond donors (Lipinski definition) is 2. The predicted molar refractivity (Wildman–Crippen MR) is 124 cm³/mol. The highest BCUT2D eigenvalue weighted by atomic mass is 16.7. The Hall–Kier alpha value is -2.32. The molecule has 0 heterocycles. The van der Waals surface area contributed by atoms with E-state index in [0.29, 0.717) is 18.9 Å². The molecule has 0 aromatic heterocycles. The molecule has 176 valence electrons. The summed E-state index contributed by atoms with van der Waals surface area (Å²) in [5.41, 5.74) is 9.26.